The number of rotatable bonds is 2. The smallest absolute Gasteiger partial charge is 0.256 e. The zero-order valence-electron chi connectivity index (χ0n) is 9.58. The molecule has 0 spiro atoms. The molecule has 0 fully saturated rings. The van der Waals surface area contributed by atoms with Gasteiger partial charge in [-0.25, -0.2) is 13.6 Å². The van der Waals surface area contributed by atoms with Gasteiger partial charge in [-0.1, -0.05) is 0 Å². The zero-order valence-corrected chi connectivity index (χ0v) is 12.4. The van der Waals surface area contributed by atoms with Gasteiger partial charge in [-0.05, 0) is 41.8 Å². The first-order chi connectivity index (χ1) is 7.88. The Morgan fingerprint density at radius 3 is 2.29 bits per heavy atom. The molecule has 0 amide bonds. The van der Waals surface area contributed by atoms with Crippen LogP contribution in [0.1, 0.15) is 5.69 Å². The zero-order chi connectivity index (χ0) is 12.6. The molecule has 1 aromatic heterocycles. The summed E-state index contributed by atoms with van der Waals surface area (Å²) in [6.07, 6.45) is 0. The van der Waals surface area contributed by atoms with Crippen molar-refractivity contribution in [1.82, 2.24) is 9.78 Å². The van der Waals surface area contributed by atoms with Crippen molar-refractivity contribution >= 4 is 30.9 Å². The normalized spacial score (nSPS) is 11.6. The lowest BCUT2D eigenvalue weighted by atomic mass is 10.3. The average Bonchev–Trinajstić information content (AvgIpc) is 2.57. The molecule has 0 saturated heterocycles. The molecule has 0 radical (unpaired) electrons. The molecule has 0 saturated carbocycles. The van der Waals surface area contributed by atoms with Crippen LogP contribution in [0, 0.1) is 6.92 Å². The summed E-state index contributed by atoms with van der Waals surface area (Å²) in [6, 6.07) is 8.40. The molecule has 0 aliphatic rings. The minimum Gasteiger partial charge on any atom is -0.256 e. The van der Waals surface area contributed by atoms with Crippen molar-refractivity contribution < 1.29 is 8.42 Å². The van der Waals surface area contributed by atoms with Crippen LogP contribution in [0.2, 0.25) is 0 Å². The third-order valence-corrected chi connectivity index (χ3v) is 4.06. The summed E-state index contributed by atoms with van der Waals surface area (Å²) >= 11 is 0.878. The first-order valence-electron chi connectivity index (χ1n) is 5.04. The van der Waals surface area contributed by atoms with Crippen LogP contribution in [0.5, 0.6) is 0 Å². The molecule has 2 rings (SSSR count). The largest absolute Gasteiger partial charge is 0.290 e. The molecule has 7 heteroatoms. The second kappa shape index (κ2) is 4.28. The quantitative estimate of drug-likeness (QED) is 0.714. The highest BCUT2D eigenvalue weighted by molar-refractivity contribution is 7.89. The Labute approximate surface area is 108 Å². The van der Waals surface area contributed by atoms with E-state index in [1.165, 1.54) is 12.1 Å². The number of hydrogen-bond acceptors (Lipinski definition) is 3. The van der Waals surface area contributed by atoms with E-state index < -0.39 is 10.0 Å². The summed E-state index contributed by atoms with van der Waals surface area (Å²) in [5, 5.41) is 9.38. The molecule has 1 aromatic carbocycles. The molecular weight excluding hydrogens is 253 g/mol. The maximum Gasteiger partial charge on any atom is 0.290 e. The number of benzene rings is 1. The van der Waals surface area contributed by atoms with Gasteiger partial charge in [0.05, 0.1) is 16.3 Å². The van der Waals surface area contributed by atoms with Gasteiger partial charge in [0.15, 0.2) is 0 Å². The molecule has 2 N–H and O–H groups in total. The standard InChI is InChI=1S/C10H10N3O2S.Al.2H/c1-8-6-7-13(12-8)9-2-4-10(5-3-9)16(11,14)15;;;/h2-6H,1H3,(H2,11,14,15);;;. The van der Waals surface area contributed by atoms with E-state index in [0.717, 1.165) is 32.2 Å². The van der Waals surface area contributed by atoms with E-state index in [2.05, 4.69) is 5.10 Å². The minimum atomic E-state index is -3.63. The van der Waals surface area contributed by atoms with E-state index in [1.54, 1.807) is 12.1 Å². The highest BCUT2D eigenvalue weighted by Gasteiger charge is 2.08. The lowest BCUT2D eigenvalue weighted by molar-refractivity contribution is 0.598. The maximum absolute atomic E-state index is 11.1. The lowest BCUT2D eigenvalue weighted by Crippen LogP contribution is -2.16. The molecule has 0 unspecified atom stereocenters. The highest BCUT2D eigenvalue weighted by atomic mass is 32.2. The molecular formula is C10H12AlN3O2S. The van der Waals surface area contributed by atoms with Gasteiger partial charge in [-0.2, -0.15) is 5.10 Å². The van der Waals surface area contributed by atoms with Crippen molar-refractivity contribution in [2.24, 2.45) is 5.14 Å². The number of primary sulfonamides is 1. The number of aryl methyl sites for hydroxylation is 1. The molecule has 0 bridgehead atoms. The lowest BCUT2D eigenvalue weighted by Gasteiger charge is -2.05. The average molecular weight is 265 g/mol. The molecule has 0 atom stereocenters. The number of hydrogen-bond donors (Lipinski definition) is 1. The Morgan fingerprint density at radius 1 is 1.29 bits per heavy atom. The van der Waals surface area contributed by atoms with Gasteiger partial charge in [-0.15, -0.1) is 0 Å². The van der Waals surface area contributed by atoms with Crippen LogP contribution in [-0.4, -0.2) is 34.5 Å². The summed E-state index contributed by atoms with van der Waals surface area (Å²) in [4.78, 5) is 0.111. The van der Waals surface area contributed by atoms with Crippen molar-refractivity contribution in [3.63, 3.8) is 0 Å². The Morgan fingerprint density at radius 2 is 1.88 bits per heavy atom. The second-order valence-corrected chi connectivity index (χ2v) is 6.46. The SMILES string of the molecule is Cc1c[c]([AlH2])n(-c2ccc(S(N)(=O)=O)cc2)n1. The van der Waals surface area contributed by atoms with Gasteiger partial charge in [0.2, 0.25) is 10.0 Å². The summed E-state index contributed by atoms with van der Waals surface area (Å²) in [6.45, 7) is 1.93. The van der Waals surface area contributed by atoms with Crippen LogP contribution in [0.15, 0.2) is 35.2 Å². The molecule has 88 valence electrons. The van der Waals surface area contributed by atoms with Crippen LogP contribution in [-0.2, 0) is 10.0 Å². The number of nitrogens with two attached hydrogens (primary N) is 1. The third-order valence-electron chi connectivity index (χ3n) is 2.42. The monoisotopic (exact) mass is 265 g/mol. The Bertz CT molecular complexity index is 647. The van der Waals surface area contributed by atoms with Crippen molar-refractivity contribution in [2.75, 3.05) is 0 Å². The summed E-state index contributed by atoms with van der Waals surface area (Å²) in [7, 11) is -3.63. The number of nitrogens with zero attached hydrogens (tertiary/aromatic N) is 2. The van der Waals surface area contributed by atoms with E-state index in [9.17, 15) is 8.42 Å². The third kappa shape index (κ3) is 2.59. The summed E-state index contributed by atoms with van der Waals surface area (Å²) in [5.41, 5.74) is 1.79. The summed E-state index contributed by atoms with van der Waals surface area (Å²) in [5.74, 6) is 0. The van der Waals surface area contributed by atoms with Crippen LogP contribution in [0.4, 0.5) is 0 Å². The Hall–Kier alpha value is -1.13. The first-order valence-corrected chi connectivity index (χ1v) is 7.59. The Balaban J connectivity index is 2.46. The molecule has 17 heavy (non-hydrogen) atoms. The molecule has 0 aliphatic heterocycles. The van der Waals surface area contributed by atoms with Crippen molar-refractivity contribution in [2.45, 2.75) is 11.8 Å². The highest BCUT2D eigenvalue weighted by Crippen LogP contribution is 2.11. The van der Waals surface area contributed by atoms with Crippen LogP contribution in [0.3, 0.4) is 0 Å². The van der Waals surface area contributed by atoms with E-state index in [-0.39, 0.29) is 4.90 Å². The van der Waals surface area contributed by atoms with Gasteiger partial charge in [-0.3, -0.25) is 4.68 Å². The van der Waals surface area contributed by atoms with Gasteiger partial charge >= 0.3 is 0 Å². The molecule has 0 aliphatic carbocycles. The van der Waals surface area contributed by atoms with Crippen LogP contribution in [0.25, 0.3) is 5.69 Å². The van der Waals surface area contributed by atoms with Gasteiger partial charge in [0.1, 0.15) is 0 Å². The number of aromatic nitrogens is 2. The van der Waals surface area contributed by atoms with Crippen molar-refractivity contribution in [3.05, 3.63) is 36.0 Å². The predicted octanol–water partition coefficient (Wildman–Crippen LogP) is -0.913. The fourth-order valence-corrected chi connectivity index (χ4v) is 2.96. The van der Waals surface area contributed by atoms with Gasteiger partial charge in [0.25, 0.3) is 16.3 Å². The van der Waals surface area contributed by atoms with E-state index in [4.69, 9.17) is 5.14 Å². The predicted molar refractivity (Wildman–Crippen MR) is 67.9 cm³/mol. The van der Waals surface area contributed by atoms with Crippen molar-refractivity contribution in [3.8, 4) is 5.69 Å². The first kappa shape index (κ1) is 12.3. The van der Waals surface area contributed by atoms with Gasteiger partial charge < -0.3 is 0 Å². The topological polar surface area (TPSA) is 78.0 Å². The fourth-order valence-electron chi connectivity index (χ4n) is 1.67. The van der Waals surface area contributed by atoms with E-state index in [1.807, 2.05) is 17.7 Å². The van der Waals surface area contributed by atoms with E-state index in [0.29, 0.717) is 0 Å². The molecule has 2 aromatic rings. The van der Waals surface area contributed by atoms with Crippen LogP contribution >= 0.6 is 0 Å². The maximum atomic E-state index is 11.1. The summed E-state index contributed by atoms with van der Waals surface area (Å²) < 4.78 is 25.2. The van der Waals surface area contributed by atoms with E-state index >= 15 is 0 Å². The molecule has 5 nitrogen and oxygen atoms in total. The minimum absolute atomic E-state index is 0.111. The fraction of sp³-hybridized carbons (Fsp3) is 0.100. The second-order valence-electron chi connectivity index (χ2n) is 3.88. The van der Waals surface area contributed by atoms with Crippen molar-refractivity contribution in [1.29, 1.82) is 0 Å². The van der Waals surface area contributed by atoms with Crippen LogP contribution < -0.4 is 9.69 Å². The molecule has 1 heterocycles. The van der Waals surface area contributed by atoms with Gasteiger partial charge in [0, 0.05) is 0 Å². The Kier molecular flexibility index (Phi) is 3.10. The number of sulfonamides is 1.